The SMILES string of the molecule is CC(C)(C)c1cc2cc(C(C)(C)C)cc3c4cc(C(C)(C)C)cc5cc(C(C)(C)C)cc(c(c1)c23)c54.Cc1ccc(N(c2ccc(C)cc2)c2ccc(C3(c4ccc(N(c5ccc(C)cc5)c5ccc(C)cc5)cc4)CCCCC3)cc2)cc1.[C-]#[N+]c1nc2c(nc1C#N)c1nc(C#N)c(C#N)nc1c1nc([N+]#[C-])c([N+]#[C-])nc21.c1cc(-n2c3ccccc3c3ccccc32)cc(-n2c3ccccc3c3ccccc32)c1. The first kappa shape index (κ1) is 95.7. The van der Waals surface area contributed by atoms with E-state index in [0.29, 0.717) is 0 Å². The number of anilines is 6. The number of nitriles is 3. The maximum atomic E-state index is 9.30. The van der Waals surface area contributed by atoms with Gasteiger partial charge in [-0.2, -0.15) is 15.8 Å². The molecule has 1 aliphatic rings. The van der Waals surface area contributed by atoms with Crippen LogP contribution in [-0.2, 0) is 27.1 Å². The van der Waals surface area contributed by atoms with Gasteiger partial charge in [-0.05, 0) is 278 Å². The van der Waals surface area contributed by atoms with Gasteiger partial charge in [0.05, 0.1) is 22.1 Å². The number of nitrogens with zero attached hydrogens (tertiary/aromatic N) is 16. The van der Waals surface area contributed by atoms with Gasteiger partial charge in [-0.15, -0.1) is 15.0 Å². The van der Waals surface area contributed by atoms with Crippen molar-refractivity contribution in [3.8, 4) is 29.6 Å². The van der Waals surface area contributed by atoms with Gasteiger partial charge in [-0.1, -0.05) is 320 Å². The van der Waals surface area contributed by atoms with Crippen molar-refractivity contribution in [2.24, 2.45) is 0 Å². The molecule has 1 aliphatic carbocycles. The topological polar surface area (TPSA) is 178 Å². The summed E-state index contributed by atoms with van der Waals surface area (Å²) in [5.41, 5.74) is 27.3. The summed E-state index contributed by atoms with van der Waals surface area (Å²) in [5, 5.41) is 44.2. The van der Waals surface area contributed by atoms with Crippen LogP contribution < -0.4 is 9.80 Å². The van der Waals surface area contributed by atoms with E-state index in [2.05, 4.69) is 490 Å². The van der Waals surface area contributed by atoms with Crippen LogP contribution >= 0.6 is 0 Å². The predicted molar refractivity (Wildman–Crippen MR) is 601 cm³/mol. The summed E-state index contributed by atoms with van der Waals surface area (Å²) in [6.07, 6.45) is 6.15. The van der Waals surface area contributed by atoms with Crippen LogP contribution in [0.5, 0.6) is 0 Å². The monoisotopic (exact) mass is 1890 g/mol. The number of para-hydroxylation sites is 4. The first-order chi connectivity index (χ1) is 70.2. The molecule has 1 saturated carbocycles. The highest BCUT2D eigenvalue weighted by Crippen LogP contribution is 2.51. The van der Waals surface area contributed by atoms with Crippen molar-refractivity contribution in [2.75, 3.05) is 9.80 Å². The van der Waals surface area contributed by atoms with E-state index < -0.39 is 0 Å². The Morgan fingerprint density at radius 1 is 0.281 bits per heavy atom. The second kappa shape index (κ2) is 37.9. The number of aromatic nitrogens is 8. The third kappa shape index (κ3) is 17.7. The van der Waals surface area contributed by atoms with Crippen molar-refractivity contribution in [3.05, 3.63) is 422 Å². The third-order valence-corrected chi connectivity index (χ3v) is 28.8. The molecule has 1 fully saturated rings. The number of aryl methyl sites for hydroxylation is 4. The fourth-order valence-corrected chi connectivity index (χ4v) is 20.9. The van der Waals surface area contributed by atoms with Crippen molar-refractivity contribution in [2.45, 2.75) is 170 Å². The molecule has 0 saturated heterocycles. The molecule has 0 radical (unpaired) electrons. The fourth-order valence-electron chi connectivity index (χ4n) is 20.9. The Kier molecular flexibility index (Phi) is 24.8. The van der Waals surface area contributed by atoms with E-state index in [9.17, 15) is 15.8 Å². The molecule has 146 heavy (non-hydrogen) atoms. The lowest BCUT2D eigenvalue weighted by Gasteiger charge is -2.39. The molecule has 0 amide bonds. The van der Waals surface area contributed by atoms with E-state index >= 15 is 0 Å². The molecule has 0 N–H and O–H groups in total. The minimum atomic E-state index is -0.298. The Labute approximate surface area is 852 Å². The molecule has 17 aromatic carbocycles. The summed E-state index contributed by atoms with van der Waals surface area (Å²) < 4.78 is 4.75. The highest BCUT2D eigenvalue weighted by molar-refractivity contribution is 6.34. The smallest absolute Gasteiger partial charge is 0.307 e. The van der Waals surface area contributed by atoms with Crippen LogP contribution in [0.25, 0.3) is 146 Å². The Balaban J connectivity index is 0.000000120. The summed E-state index contributed by atoms with van der Waals surface area (Å²) in [5.74, 6) is -0.890. The predicted octanol–water partition coefficient (Wildman–Crippen LogP) is 34.7. The van der Waals surface area contributed by atoms with Crippen molar-refractivity contribution >= 4 is 171 Å². The van der Waals surface area contributed by atoms with Crippen LogP contribution in [0.2, 0.25) is 0 Å². The number of hydrogen-bond acceptors (Lipinski definition) is 11. The van der Waals surface area contributed by atoms with E-state index in [0.717, 1.165) is 0 Å². The number of benzene rings is 17. The number of hydrogen-bond donors (Lipinski definition) is 0. The fraction of sp³-hybridized carbons (Fsp3) is 0.200. The van der Waals surface area contributed by atoms with Crippen molar-refractivity contribution in [3.63, 3.8) is 0 Å². The molecule has 0 unspecified atom stereocenters. The van der Waals surface area contributed by atoms with E-state index in [4.69, 9.17) is 19.7 Å². The van der Waals surface area contributed by atoms with Gasteiger partial charge in [-0.3, -0.25) is 0 Å². The molecule has 5 aromatic heterocycles. The molecular weight excluding hydrogens is 1790 g/mol. The Morgan fingerprint density at radius 3 is 0.801 bits per heavy atom. The molecule has 22 aromatic rings. The summed E-state index contributed by atoms with van der Waals surface area (Å²) in [6.45, 7) is 58.3. The molecule has 710 valence electrons. The standard InChI is InChI=1S/C46H46N2.C36H44.C30H20N2.C18N12/c1-34-8-20-40(21-9-34)47(41-22-10-35(2)11-23-41)44-28-16-38(17-29-44)46(32-6-5-7-33-46)39-18-30-45(31-19-39)48(42-24-12-36(3)13-25-42)43-26-14-37(4)15-27-43;1-33(2,3)23-13-21-14-24(34(4,5)6)19-29-30-20-26(36(10,11)12)16-22-15-25(35(7,8)9)18-28(32(22)30)27(17-23)31(21)29;1-5-16-27-23(12-1)24-13-2-6-17-28(24)31(27)21-10-9-11-22(20-21)32-29-18-7-3-14-25(29)26-15-4-8-19-30(26)32;1-22-16-9(6-21)27-12-10-11(26-8(5-20)7(4-19)25-10)14-15(13(12)28-16)30-18(24-3)17(23-2)29-14/h8-31H,5-7,32-33H2,1-4H3;13-20H,1-12H3;1-20H;. The third-order valence-electron chi connectivity index (χ3n) is 28.8. The second-order valence-corrected chi connectivity index (χ2v) is 42.8. The number of fused-ring (bicyclic) bond motifs is 14. The zero-order valence-electron chi connectivity index (χ0n) is 85.2. The Morgan fingerprint density at radius 2 is 0.534 bits per heavy atom. The summed E-state index contributed by atoms with van der Waals surface area (Å²) >= 11 is 0. The van der Waals surface area contributed by atoms with Gasteiger partial charge in [0, 0.05) is 72.5 Å². The van der Waals surface area contributed by atoms with Crippen LogP contribution in [0.1, 0.15) is 188 Å². The second-order valence-electron chi connectivity index (χ2n) is 42.8. The van der Waals surface area contributed by atoms with E-state index in [1.807, 2.05) is 0 Å². The van der Waals surface area contributed by atoms with Crippen LogP contribution in [-0.4, -0.2) is 39.0 Å². The lowest BCUT2D eigenvalue weighted by Crippen LogP contribution is -2.30. The van der Waals surface area contributed by atoms with E-state index in [1.165, 1.54) is 220 Å². The van der Waals surface area contributed by atoms with Crippen molar-refractivity contribution in [1.29, 1.82) is 15.8 Å². The van der Waals surface area contributed by atoms with Gasteiger partial charge in [-0.25, -0.2) is 15.0 Å². The zero-order chi connectivity index (χ0) is 102. The minimum Gasteiger partial charge on any atom is -0.370 e. The quantitative estimate of drug-likeness (QED) is 0.0723. The maximum Gasteiger partial charge on any atom is 0.307 e. The lowest BCUT2D eigenvalue weighted by molar-refractivity contribution is 0.346. The van der Waals surface area contributed by atoms with Gasteiger partial charge < -0.3 is 33.5 Å². The molecular formula is C130H110N16. The molecule has 16 nitrogen and oxygen atoms in total. The molecule has 0 bridgehead atoms. The van der Waals surface area contributed by atoms with Gasteiger partial charge in [0.15, 0.2) is 17.1 Å². The zero-order valence-corrected chi connectivity index (χ0v) is 85.2. The van der Waals surface area contributed by atoms with Gasteiger partial charge in [0.2, 0.25) is 11.0 Å². The first-order valence-corrected chi connectivity index (χ1v) is 49.8. The normalized spacial score (nSPS) is 12.7. The molecule has 0 aliphatic heterocycles. The van der Waals surface area contributed by atoms with E-state index in [-0.39, 0.29) is 94.7 Å². The van der Waals surface area contributed by atoms with Gasteiger partial charge in [0.25, 0.3) is 17.2 Å². The highest BCUT2D eigenvalue weighted by atomic mass is 15.2. The van der Waals surface area contributed by atoms with Crippen molar-refractivity contribution < 1.29 is 0 Å². The van der Waals surface area contributed by atoms with Crippen LogP contribution in [0.4, 0.5) is 51.6 Å². The maximum absolute atomic E-state index is 9.30. The largest absolute Gasteiger partial charge is 0.370 e. The molecule has 0 atom stereocenters. The summed E-state index contributed by atoms with van der Waals surface area (Å²) in [4.78, 5) is 39.1. The van der Waals surface area contributed by atoms with Crippen LogP contribution in [0.15, 0.2) is 315 Å². The van der Waals surface area contributed by atoms with E-state index in [1.54, 1.807) is 18.2 Å². The molecule has 5 heterocycles. The summed E-state index contributed by atoms with van der Waals surface area (Å²) in [7, 11) is 0. The minimum absolute atomic E-state index is 0.000622. The van der Waals surface area contributed by atoms with Crippen LogP contribution in [0, 0.1) is 81.4 Å². The average Bonchev–Trinajstić information content (AvgIpc) is 1.19. The Bertz CT molecular complexity index is 8150. The molecule has 23 rings (SSSR count). The first-order valence-electron chi connectivity index (χ1n) is 49.8. The van der Waals surface area contributed by atoms with Crippen molar-refractivity contribution in [1.82, 2.24) is 39.0 Å². The Hall–Kier alpha value is -17.8. The van der Waals surface area contributed by atoms with Crippen LogP contribution in [0.3, 0.4) is 0 Å². The van der Waals surface area contributed by atoms with Gasteiger partial charge >= 0.3 is 5.82 Å². The number of rotatable bonds is 10. The molecule has 0 spiro atoms. The lowest BCUT2D eigenvalue weighted by atomic mass is 9.65. The molecule has 16 heteroatoms. The summed E-state index contributed by atoms with van der Waals surface area (Å²) in [6, 6.07) is 123. The highest BCUT2D eigenvalue weighted by Gasteiger charge is 2.38. The average molecular weight is 1900 g/mol. The van der Waals surface area contributed by atoms with Gasteiger partial charge in [0.1, 0.15) is 34.8 Å².